The van der Waals surface area contributed by atoms with E-state index in [1.807, 2.05) is 0 Å². The topological polar surface area (TPSA) is 73.1 Å². The maximum absolute atomic E-state index is 11.4. The van der Waals surface area contributed by atoms with Crippen molar-refractivity contribution in [2.75, 3.05) is 5.32 Å². The molecule has 2 N–H and O–H groups in total. The molecule has 0 saturated heterocycles. The van der Waals surface area contributed by atoms with Crippen LogP contribution in [0.2, 0.25) is 0 Å². The molecule has 1 radical (unpaired) electrons. The van der Waals surface area contributed by atoms with E-state index in [0.717, 1.165) is 0 Å². The summed E-state index contributed by atoms with van der Waals surface area (Å²) in [7, 11) is 0. The van der Waals surface area contributed by atoms with E-state index < -0.39 is 5.91 Å². The van der Waals surface area contributed by atoms with Gasteiger partial charge in [-0.15, -0.1) is 0 Å². The van der Waals surface area contributed by atoms with Gasteiger partial charge in [-0.25, -0.2) is 0 Å². The molecule has 1 rings (SSSR count). The van der Waals surface area contributed by atoms with Crippen molar-refractivity contribution in [3.63, 3.8) is 0 Å². The zero-order valence-electron chi connectivity index (χ0n) is 8.11. The number of hydrogen-bond donors (Lipinski definition) is 2. The van der Waals surface area contributed by atoms with E-state index in [0.29, 0.717) is 5.69 Å². The van der Waals surface area contributed by atoms with Crippen LogP contribution in [-0.2, 0) is 4.79 Å². The fourth-order valence-electron chi connectivity index (χ4n) is 0.961. The summed E-state index contributed by atoms with van der Waals surface area (Å²) in [5.74, 6) is -0.924. The van der Waals surface area contributed by atoms with Crippen LogP contribution in [0.15, 0.2) is 35.6 Å². The van der Waals surface area contributed by atoms with Crippen molar-refractivity contribution in [2.45, 2.75) is 6.92 Å². The lowest BCUT2D eigenvalue weighted by Gasteiger charge is -2.03. The molecular formula is C11H9N2O2. The molecule has 0 heterocycles. The van der Waals surface area contributed by atoms with Crippen LogP contribution >= 0.6 is 0 Å². The number of hydrogen-bond acceptors (Lipinski definition) is 3. The minimum atomic E-state index is -0.628. The number of carbonyl (C=O) groups excluding carboxylic acids is 1. The van der Waals surface area contributed by atoms with Crippen LogP contribution in [0.25, 0.3) is 0 Å². The van der Waals surface area contributed by atoms with Crippen molar-refractivity contribution in [1.82, 2.24) is 0 Å². The Morgan fingerprint density at radius 3 is 2.87 bits per heavy atom. The second kappa shape index (κ2) is 4.82. The Hall–Kier alpha value is -2.28. The predicted molar refractivity (Wildman–Crippen MR) is 54.8 cm³/mol. The molecule has 0 aliphatic rings. The van der Waals surface area contributed by atoms with Crippen molar-refractivity contribution in [3.05, 3.63) is 41.7 Å². The van der Waals surface area contributed by atoms with Crippen molar-refractivity contribution >= 4 is 11.6 Å². The van der Waals surface area contributed by atoms with Gasteiger partial charge in [-0.3, -0.25) is 4.79 Å². The summed E-state index contributed by atoms with van der Waals surface area (Å²) >= 11 is 0. The van der Waals surface area contributed by atoms with Crippen molar-refractivity contribution < 1.29 is 9.90 Å². The summed E-state index contributed by atoms with van der Waals surface area (Å²) in [5.41, 5.74) is 0.232. The number of benzene rings is 1. The molecule has 0 bridgehead atoms. The Morgan fingerprint density at radius 2 is 2.40 bits per heavy atom. The Balaban J connectivity index is 2.82. The van der Waals surface area contributed by atoms with Gasteiger partial charge in [0.2, 0.25) is 0 Å². The third-order valence-electron chi connectivity index (χ3n) is 1.67. The lowest BCUT2D eigenvalue weighted by atomic mass is 10.2. The third kappa shape index (κ3) is 2.85. The van der Waals surface area contributed by atoms with E-state index in [9.17, 15) is 4.79 Å². The van der Waals surface area contributed by atoms with Gasteiger partial charge in [0.15, 0.2) is 5.57 Å². The van der Waals surface area contributed by atoms with Crippen LogP contribution < -0.4 is 5.32 Å². The van der Waals surface area contributed by atoms with E-state index in [2.05, 4.69) is 11.4 Å². The second-order valence-corrected chi connectivity index (χ2v) is 2.82. The summed E-state index contributed by atoms with van der Waals surface area (Å²) in [6.07, 6.45) is 0. The first kappa shape index (κ1) is 10.8. The molecule has 1 aromatic carbocycles. The maximum Gasteiger partial charge on any atom is 0.269 e. The highest BCUT2D eigenvalue weighted by molar-refractivity contribution is 6.06. The first-order valence-corrected chi connectivity index (χ1v) is 4.22. The summed E-state index contributed by atoms with van der Waals surface area (Å²) < 4.78 is 0. The Morgan fingerprint density at radius 1 is 1.67 bits per heavy atom. The van der Waals surface area contributed by atoms with Gasteiger partial charge in [0.05, 0.1) is 0 Å². The Bertz CT molecular complexity index is 426. The molecule has 0 fully saturated rings. The molecule has 0 aliphatic heterocycles. The van der Waals surface area contributed by atoms with E-state index >= 15 is 0 Å². The summed E-state index contributed by atoms with van der Waals surface area (Å²) in [5, 5.41) is 20.1. The van der Waals surface area contributed by atoms with E-state index in [1.54, 1.807) is 30.3 Å². The molecule has 75 valence electrons. The maximum atomic E-state index is 11.4. The minimum Gasteiger partial charge on any atom is -0.511 e. The quantitative estimate of drug-likeness (QED) is 0.435. The first-order valence-electron chi connectivity index (χ1n) is 4.22. The number of anilines is 1. The number of aliphatic hydroxyl groups excluding tert-OH is 1. The number of allylic oxidation sites excluding steroid dienone is 1. The van der Waals surface area contributed by atoms with Gasteiger partial charge >= 0.3 is 0 Å². The van der Waals surface area contributed by atoms with Gasteiger partial charge in [0.25, 0.3) is 5.91 Å². The van der Waals surface area contributed by atoms with Crippen LogP contribution in [0.3, 0.4) is 0 Å². The molecule has 0 unspecified atom stereocenters. The standard InChI is InChI=1S/C11H9N2O2/c1-8(14)10(7-12)11(15)13-9-5-3-2-4-6-9/h2-3,5-6,14H,1H3,(H,13,15)/b10-8+. The smallest absolute Gasteiger partial charge is 0.269 e. The van der Waals surface area contributed by atoms with Gasteiger partial charge in [-0.05, 0) is 25.1 Å². The fraction of sp³-hybridized carbons (Fsp3) is 0.0909. The molecule has 0 atom stereocenters. The molecule has 1 amide bonds. The van der Waals surface area contributed by atoms with Crippen LogP contribution in [-0.4, -0.2) is 11.0 Å². The summed E-state index contributed by atoms with van der Waals surface area (Å²) in [6, 6.07) is 11.0. The monoisotopic (exact) mass is 201 g/mol. The first-order chi connectivity index (χ1) is 7.15. The molecule has 0 aliphatic carbocycles. The lowest BCUT2D eigenvalue weighted by Crippen LogP contribution is -2.14. The molecule has 0 spiro atoms. The highest BCUT2D eigenvalue weighted by Crippen LogP contribution is 2.08. The Kier molecular flexibility index (Phi) is 3.47. The Labute approximate surface area is 87.5 Å². The highest BCUT2D eigenvalue weighted by Gasteiger charge is 2.12. The molecule has 15 heavy (non-hydrogen) atoms. The van der Waals surface area contributed by atoms with Gasteiger partial charge in [0, 0.05) is 5.69 Å². The number of nitrogens with one attached hydrogen (secondary N) is 1. The van der Waals surface area contributed by atoms with E-state index in [-0.39, 0.29) is 11.3 Å². The van der Waals surface area contributed by atoms with Gasteiger partial charge in [0.1, 0.15) is 11.8 Å². The molecular weight excluding hydrogens is 192 g/mol. The zero-order valence-corrected chi connectivity index (χ0v) is 8.11. The fourth-order valence-corrected chi connectivity index (χ4v) is 0.961. The third-order valence-corrected chi connectivity index (χ3v) is 1.67. The molecule has 4 nitrogen and oxygen atoms in total. The van der Waals surface area contributed by atoms with Crippen molar-refractivity contribution in [3.8, 4) is 6.07 Å². The summed E-state index contributed by atoms with van der Waals surface area (Å²) in [6.45, 7) is 1.29. The number of aliphatic hydroxyl groups is 1. The zero-order chi connectivity index (χ0) is 11.3. The number of nitriles is 1. The van der Waals surface area contributed by atoms with Gasteiger partial charge < -0.3 is 10.4 Å². The predicted octanol–water partition coefficient (Wildman–Crippen LogP) is 1.78. The number of nitrogens with zero attached hydrogens (tertiary/aromatic N) is 1. The second-order valence-electron chi connectivity index (χ2n) is 2.82. The highest BCUT2D eigenvalue weighted by atomic mass is 16.3. The molecule has 0 aromatic heterocycles. The largest absolute Gasteiger partial charge is 0.511 e. The van der Waals surface area contributed by atoms with Crippen LogP contribution in [0.5, 0.6) is 0 Å². The van der Waals surface area contributed by atoms with E-state index in [4.69, 9.17) is 10.4 Å². The van der Waals surface area contributed by atoms with E-state index in [1.165, 1.54) is 6.92 Å². The normalized spacial score (nSPS) is 11.2. The van der Waals surface area contributed by atoms with Crippen LogP contribution in [0, 0.1) is 17.4 Å². The van der Waals surface area contributed by atoms with Crippen molar-refractivity contribution in [2.24, 2.45) is 0 Å². The average molecular weight is 201 g/mol. The molecule has 0 saturated carbocycles. The number of carbonyl (C=O) groups is 1. The molecule has 4 heteroatoms. The number of rotatable bonds is 2. The average Bonchev–Trinajstić information content (AvgIpc) is 2.19. The molecule has 1 aromatic rings. The van der Waals surface area contributed by atoms with Crippen molar-refractivity contribution in [1.29, 1.82) is 5.26 Å². The lowest BCUT2D eigenvalue weighted by molar-refractivity contribution is -0.112. The van der Waals surface area contributed by atoms with Crippen LogP contribution in [0.4, 0.5) is 5.69 Å². The number of amides is 1. The SMILES string of the molecule is C/C(O)=C(/C#N)C(=O)Nc1c[c]ccc1. The summed E-state index contributed by atoms with van der Waals surface area (Å²) in [4.78, 5) is 11.4. The van der Waals surface area contributed by atoms with Crippen LogP contribution in [0.1, 0.15) is 6.92 Å². The van der Waals surface area contributed by atoms with Gasteiger partial charge in [-0.2, -0.15) is 5.26 Å². The minimum absolute atomic E-state index is 0.293. The van der Waals surface area contributed by atoms with Gasteiger partial charge in [-0.1, -0.05) is 12.1 Å².